The van der Waals surface area contributed by atoms with Gasteiger partial charge in [-0.05, 0) is 18.2 Å². The smallest absolute Gasteiger partial charge is 0.342 e. The summed E-state index contributed by atoms with van der Waals surface area (Å²) in [5, 5.41) is 2.26. The van der Waals surface area contributed by atoms with E-state index in [1.54, 1.807) is 9.80 Å². The average Bonchev–Trinajstić information content (AvgIpc) is 2.68. The Bertz CT molecular complexity index is 835. The lowest BCUT2D eigenvalue weighted by molar-refractivity contribution is -0.136. The van der Waals surface area contributed by atoms with Crippen molar-refractivity contribution in [2.75, 3.05) is 36.4 Å². The molecule has 1 saturated heterocycles. The maximum atomic E-state index is 13.1. The fraction of sp³-hybridized carbons (Fsp3) is 0.294. The van der Waals surface area contributed by atoms with Crippen molar-refractivity contribution in [3.63, 3.8) is 0 Å². The molecule has 0 aliphatic carbocycles. The first-order valence-corrected chi connectivity index (χ1v) is 8.13. The number of carbonyl (C=O) groups excluding carboxylic acids is 2. The van der Waals surface area contributed by atoms with E-state index in [1.165, 1.54) is 30.5 Å². The van der Waals surface area contributed by atoms with Crippen molar-refractivity contribution in [2.24, 2.45) is 0 Å². The van der Waals surface area contributed by atoms with E-state index in [0.29, 0.717) is 26.2 Å². The molecule has 0 atom stereocenters. The van der Waals surface area contributed by atoms with Crippen molar-refractivity contribution >= 4 is 24.0 Å². The van der Waals surface area contributed by atoms with Gasteiger partial charge in [0.1, 0.15) is 5.69 Å². The molecule has 0 saturated carbocycles. The van der Waals surface area contributed by atoms with E-state index >= 15 is 0 Å². The number of amides is 2. The van der Waals surface area contributed by atoms with E-state index in [1.807, 2.05) is 0 Å². The summed E-state index contributed by atoms with van der Waals surface area (Å²) in [5.41, 5.74) is -1.32. The highest BCUT2D eigenvalue weighted by atomic mass is 19.4. The second kappa shape index (κ2) is 7.60. The number of nitrogens with one attached hydrogen (secondary N) is 1. The van der Waals surface area contributed by atoms with Crippen LogP contribution in [0.15, 0.2) is 36.5 Å². The highest BCUT2D eigenvalue weighted by Gasteiger charge is 2.33. The van der Waals surface area contributed by atoms with Crippen molar-refractivity contribution in [3.05, 3.63) is 47.8 Å². The van der Waals surface area contributed by atoms with Crippen molar-refractivity contribution in [2.45, 2.75) is 6.18 Å². The second-order valence-corrected chi connectivity index (χ2v) is 5.87. The number of halogens is 3. The molecule has 27 heavy (non-hydrogen) atoms. The molecule has 2 amide bonds. The van der Waals surface area contributed by atoms with Crippen LogP contribution >= 0.6 is 0 Å². The molecule has 2 aromatic rings. The van der Waals surface area contributed by atoms with Gasteiger partial charge in [-0.15, -0.1) is 0 Å². The van der Waals surface area contributed by atoms with Crippen LogP contribution in [0, 0.1) is 0 Å². The first kappa shape index (κ1) is 18.6. The van der Waals surface area contributed by atoms with Crippen LogP contribution in [0.4, 0.5) is 24.8 Å². The van der Waals surface area contributed by atoms with Gasteiger partial charge in [0.2, 0.25) is 12.4 Å². The molecule has 0 radical (unpaired) electrons. The molecule has 2 heterocycles. The van der Waals surface area contributed by atoms with Gasteiger partial charge in [0.05, 0.1) is 11.3 Å². The molecule has 1 fully saturated rings. The largest absolute Gasteiger partial charge is 0.418 e. The highest BCUT2D eigenvalue weighted by Crippen LogP contribution is 2.34. The van der Waals surface area contributed by atoms with E-state index in [2.05, 4.69) is 15.3 Å². The number of piperazine rings is 1. The van der Waals surface area contributed by atoms with Gasteiger partial charge < -0.3 is 15.1 Å². The van der Waals surface area contributed by atoms with Crippen LogP contribution in [0.5, 0.6) is 0 Å². The lowest BCUT2D eigenvalue weighted by Gasteiger charge is -2.32. The summed E-state index contributed by atoms with van der Waals surface area (Å²) in [4.78, 5) is 34.8. The number of hydrogen-bond donors (Lipinski definition) is 1. The van der Waals surface area contributed by atoms with Crippen molar-refractivity contribution < 1.29 is 22.8 Å². The Morgan fingerprint density at radius 3 is 2.48 bits per heavy atom. The van der Waals surface area contributed by atoms with Gasteiger partial charge in [-0.25, -0.2) is 9.97 Å². The summed E-state index contributed by atoms with van der Waals surface area (Å²) >= 11 is 0. The number of aromatic nitrogens is 2. The average molecular weight is 379 g/mol. The minimum atomic E-state index is -4.58. The molecule has 1 N–H and O–H groups in total. The maximum Gasteiger partial charge on any atom is 0.418 e. The van der Waals surface area contributed by atoms with E-state index in [0.717, 1.165) is 12.5 Å². The fourth-order valence-electron chi connectivity index (χ4n) is 2.68. The maximum absolute atomic E-state index is 13.1. The predicted molar refractivity (Wildman–Crippen MR) is 91.3 cm³/mol. The number of anilines is 2. The van der Waals surface area contributed by atoms with Gasteiger partial charge >= 0.3 is 6.18 Å². The van der Waals surface area contributed by atoms with Crippen LogP contribution in [-0.4, -0.2) is 53.4 Å². The second-order valence-electron chi connectivity index (χ2n) is 5.87. The molecule has 0 bridgehead atoms. The number of alkyl halides is 3. The summed E-state index contributed by atoms with van der Waals surface area (Å²) in [6, 6.07) is 6.06. The lowest BCUT2D eigenvalue weighted by atomic mass is 10.1. The molecule has 7 nitrogen and oxygen atoms in total. The fourth-order valence-corrected chi connectivity index (χ4v) is 2.68. The zero-order valence-electron chi connectivity index (χ0n) is 14.1. The molecule has 1 aromatic carbocycles. The lowest BCUT2D eigenvalue weighted by Crippen LogP contribution is -2.46. The number of carbonyl (C=O) groups is 2. The van der Waals surface area contributed by atoms with Crippen LogP contribution in [0.3, 0.4) is 0 Å². The van der Waals surface area contributed by atoms with Crippen LogP contribution < -0.4 is 10.2 Å². The molecule has 0 unspecified atom stereocenters. The molecule has 1 aromatic heterocycles. The van der Waals surface area contributed by atoms with Crippen molar-refractivity contribution in [3.8, 4) is 0 Å². The molecule has 10 heteroatoms. The molecule has 1 aliphatic rings. The molecule has 0 spiro atoms. The molecule has 1 aliphatic heterocycles. The van der Waals surface area contributed by atoms with Crippen molar-refractivity contribution in [1.82, 2.24) is 14.9 Å². The Morgan fingerprint density at radius 1 is 1.11 bits per heavy atom. The zero-order chi connectivity index (χ0) is 19.4. The van der Waals surface area contributed by atoms with E-state index in [-0.39, 0.29) is 17.3 Å². The number of nitrogens with zero attached hydrogens (tertiary/aromatic N) is 4. The Morgan fingerprint density at radius 2 is 1.81 bits per heavy atom. The van der Waals surface area contributed by atoms with Crippen LogP contribution in [0.25, 0.3) is 0 Å². The summed E-state index contributed by atoms with van der Waals surface area (Å²) in [7, 11) is 0. The van der Waals surface area contributed by atoms with E-state index in [4.69, 9.17) is 0 Å². The first-order valence-electron chi connectivity index (χ1n) is 8.13. The third-order valence-electron chi connectivity index (χ3n) is 4.10. The molecular formula is C17H16F3N5O2. The van der Waals surface area contributed by atoms with Crippen LogP contribution in [0.1, 0.15) is 16.1 Å². The molecule has 3 rings (SSSR count). The van der Waals surface area contributed by atoms with Gasteiger partial charge in [0.15, 0.2) is 0 Å². The number of hydrogen-bond acceptors (Lipinski definition) is 5. The predicted octanol–water partition coefficient (Wildman–Crippen LogP) is 2.03. The normalized spacial score (nSPS) is 14.8. The van der Waals surface area contributed by atoms with Crippen LogP contribution in [0.2, 0.25) is 0 Å². The zero-order valence-corrected chi connectivity index (χ0v) is 14.1. The Labute approximate surface area is 152 Å². The quantitative estimate of drug-likeness (QED) is 0.823. The summed E-state index contributed by atoms with van der Waals surface area (Å²) in [6.07, 6.45) is -2.45. The van der Waals surface area contributed by atoms with Gasteiger partial charge in [-0.1, -0.05) is 12.1 Å². The number of para-hydroxylation sites is 1. The first-order chi connectivity index (χ1) is 12.9. The minimum absolute atomic E-state index is 0.0465. The van der Waals surface area contributed by atoms with E-state index < -0.39 is 17.6 Å². The molecule has 142 valence electrons. The number of rotatable bonds is 4. The monoisotopic (exact) mass is 379 g/mol. The van der Waals surface area contributed by atoms with Crippen LogP contribution in [-0.2, 0) is 11.0 Å². The van der Waals surface area contributed by atoms with Gasteiger partial charge in [-0.3, -0.25) is 9.59 Å². The summed E-state index contributed by atoms with van der Waals surface area (Å²) in [6.45, 7) is 2.01. The Balaban J connectivity index is 1.76. The Hall–Kier alpha value is -3.17. The van der Waals surface area contributed by atoms with E-state index in [9.17, 15) is 22.8 Å². The topological polar surface area (TPSA) is 78.4 Å². The van der Waals surface area contributed by atoms with Gasteiger partial charge in [0, 0.05) is 32.4 Å². The van der Waals surface area contributed by atoms with Crippen molar-refractivity contribution in [1.29, 1.82) is 0 Å². The SMILES string of the molecule is O=CN1CCN(c2nccc(C(=O)Nc3ccccc3C(F)(F)F)n2)CC1. The third kappa shape index (κ3) is 4.33. The summed E-state index contributed by atoms with van der Waals surface area (Å²) in [5.74, 6) is -0.473. The summed E-state index contributed by atoms with van der Waals surface area (Å²) < 4.78 is 39.2. The third-order valence-corrected chi connectivity index (χ3v) is 4.10. The Kier molecular flexibility index (Phi) is 5.24. The number of benzene rings is 1. The highest BCUT2D eigenvalue weighted by molar-refractivity contribution is 6.03. The molecular weight excluding hydrogens is 363 g/mol. The van der Waals surface area contributed by atoms with Gasteiger partial charge in [0.25, 0.3) is 5.91 Å². The minimum Gasteiger partial charge on any atom is -0.342 e. The van der Waals surface area contributed by atoms with Gasteiger partial charge in [-0.2, -0.15) is 13.2 Å². The standard InChI is InChI=1S/C17H16F3N5O2/c18-17(19,20)12-3-1-2-4-13(12)22-15(27)14-5-6-21-16(23-14)25-9-7-24(11-26)8-10-25/h1-6,11H,7-10H2,(H,22,27).